The SMILES string of the molecule is CCCCCCCCC(CCCCCc1cc(F)c(F)cc1F)C(OCCC)(OCCC)OCCC. The molecule has 0 amide bonds. The zero-order valence-corrected chi connectivity index (χ0v) is 23.3. The Morgan fingerprint density at radius 3 is 1.58 bits per heavy atom. The van der Waals surface area contributed by atoms with Crippen LogP contribution < -0.4 is 0 Å². The van der Waals surface area contributed by atoms with E-state index in [9.17, 15) is 13.2 Å². The molecule has 0 bridgehead atoms. The molecule has 0 aliphatic heterocycles. The number of ether oxygens (including phenoxy) is 3. The third-order valence-corrected chi connectivity index (χ3v) is 6.52. The minimum Gasteiger partial charge on any atom is -0.327 e. The van der Waals surface area contributed by atoms with Crippen LogP contribution in [0, 0.1) is 23.4 Å². The Morgan fingerprint density at radius 2 is 1.06 bits per heavy atom. The minimum atomic E-state index is -1.14. The summed E-state index contributed by atoms with van der Waals surface area (Å²) in [5.74, 6) is -3.74. The van der Waals surface area contributed by atoms with E-state index in [2.05, 4.69) is 27.7 Å². The molecule has 1 aromatic rings. The van der Waals surface area contributed by atoms with E-state index in [1.54, 1.807) is 0 Å². The lowest BCUT2D eigenvalue weighted by atomic mass is 9.91. The molecule has 0 radical (unpaired) electrons. The Bertz CT molecular complexity index is 662. The van der Waals surface area contributed by atoms with Crippen LogP contribution in [0.4, 0.5) is 13.2 Å². The van der Waals surface area contributed by atoms with E-state index < -0.39 is 23.4 Å². The first-order chi connectivity index (χ1) is 17.4. The summed E-state index contributed by atoms with van der Waals surface area (Å²) in [5.41, 5.74) is 0.232. The number of aryl methyl sites for hydroxylation is 1. The van der Waals surface area contributed by atoms with Crippen LogP contribution in [-0.2, 0) is 20.6 Å². The average Bonchev–Trinajstić information content (AvgIpc) is 2.87. The van der Waals surface area contributed by atoms with Crippen LogP contribution in [0.3, 0.4) is 0 Å². The Labute approximate surface area is 218 Å². The van der Waals surface area contributed by atoms with Gasteiger partial charge in [-0.3, -0.25) is 0 Å². The molecule has 0 spiro atoms. The van der Waals surface area contributed by atoms with Gasteiger partial charge in [-0.25, -0.2) is 13.2 Å². The minimum absolute atomic E-state index is 0.105. The lowest BCUT2D eigenvalue weighted by molar-refractivity contribution is -0.406. The largest absolute Gasteiger partial charge is 0.327 e. The maximum atomic E-state index is 14.0. The van der Waals surface area contributed by atoms with Crippen molar-refractivity contribution >= 4 is 0 Å². The van der Waals surface area contributed by atoms with Crippen LogP contribution >= 0.6 is 0 Å². The van der Waals surface area contributed by atoms with Crippen molar-refractivity contribution in [3.8, 4) is 0 Å². The molecule has 3 nitrogen and oxygen atoms in total. The van der Waals surface area contributed by atoms with Gasteiger partial charge in [-0.2, -0.15) is 0 Å². The van der Waals surface area contributed by atoms with Crippen molar-refractivity contribution in [2.75, 3.05) is 19.8 Å². The fourth-order valence-electron chi connectivity index (χ4n) is 4.52. The third-order valence-electron chi connectivity index (χ3n) is 6.52. The summed E-state index contributed by atoms with van der Waals surface area (Å²) in [4.78, 5) is 0. The van der Waals surface area contributed by atoms with E-state index in [1.807, 2.05) is 0 Å². The summed E-state index contributed by atoms with van der Waals surface area (Å²) >= 11 is 0. The fourth-order valence-corrected chi connectivity index (χ4v) is 4.52. The molecule has 36 heavy (non-hydrogen) atoms. The van der Waals surface area contributed by atoms with Crippen molar-refractivity contribution in [1.29, 1.82) is 0 Å². The molecule has 1 aromatic carbocycles. The van der Waals surface area contributed by atoms with Crippen LogP contribution in [0.15, 0.2) is 12.1 Å². The third kappa shape index (κ3) is 12.4. The first kappa shape index (κ1) is 32.9. The predicted molar refractivity (Wildman–Crippen MR) is 141 cm³/mol. The number of halogens is 3. The summed E-state index contributed by atoms with van der Waals surface area (Å²) in [6.07, 6.45) is 14.7. The summed E-state index contributed by atoms with van der Waals surface area (Å²) in [7, 11) is 0. The standard InChI is InChI=1S/C30H51F3O3/c1-5-9-10-11-12-15-18-26(30(34-20-6-2,35-21-7-3)36-22-8-4)19-16-13-14-17-25-23-28(32)29(33)24-27(25)31/h23-24,26H,5-22H2,1-4H3. The zero-order valence-electron chi connectivity index (χ0n) is 23.3. The smallest absolute Gasteiger partial charge is 0.285 e. The van der Waals surface area contributed by atoms with Gasteiger partial charge in [0.1, 0.15) is 5.82 Å². The van der Waals surface area contributed by atoms with Crippen LogP contribution in [0.5, 0.6) is 0 Å². The highest BCUT2D eigenvalue weighted by Crippen LogP contribution is 2.35. The van der Waals surface area contributed by atoms with Gasteiger partial charge < -0.3 is 14.2 Å². The van der Waals surface area contributed by atoms with Crippen molar-refractivity contribution in [3.63, 3.8) is 0 Å². The van der Waals surface area contributed by atoms with Gasteiger partial charge in [-0.05, 0) is 56.6 Å². The maximum Gasteiger partial charge on any atom is 0.285 e. The first-order valence-corrected chi connectivity index (χ1v) is 14.5. The monoisotopic (exact) mass is 516 g/mol. The molecule has 1 atom stereocenters. The lowest BCUT2D eigenvalue weighted by Crippen LogP contribution is -2.47. The van der Waals surface area contributed by atoms with Crippen LogP contribution in [0.25, 0.3) is 0 Å². The Morgan fingerprint density at radius 1 is 0.583 bits per heavy atom. The molecule has 0 saturated carbocycles. The van der Waals surface area contributed by atoms with Gasteiger partial charge >= 0.3 is 0 Å². The molecule has 0 fully saturated rings. The highest BCUT2D eigenvalue weighted by molar-refractivity contribution is 5.20. The van der Waals surface area contributed by atoms with E-state index in [1.165, 1.54) is 32.1 Å². The Kier molecular flexibility index (Phi) is 18.2. The fraction of sp³-hybridized carbons (Fsp3) is 0.800. The number of hydrogen-bond donors (Lipinski definition) is 0. The second kappa shape index (κ2) is 19.9. The van der Waals surface area contributed by atoms with Gasteiger partial charge in [0.05, 0.1) is 19.8 Å². The van der Waals surface area contributed by atoms with Gasteiger partial charge in [-0.15, -0.1) is 0 Å². The molecule has 0 saturated heterocycles. The van der Waals surface area contributed by atoms with Gasteiger partial charge in [0.2, 0.25) is 0 Å². The van der Waals surface area contributed by atoms with Crippen molar-refractivity contribution in [1.82, 2.24) is 0 Å². The summed E-state index contributed by atoms with van der Waals surface area (Å²) in [6.45, 7) is 10.2. The summed E-state index contributed by atoms with van der Waals surface area (Å²) in [6, 6.07) is 1.61. The molecule has 1 rings (SSSR count). The molecule has 1 unspecified atom stereocenters. The first-order valence-electron chi connectivity index (χ1n) is 14.5. The number of hydrogen-bond acceptors (Lipinski definition) is 3. The molecular formula is C30H51F3O3. The van der Waals surface area contributed by atoms with Crippen molar-refractivity contribution in [2.45, 2.75) is 130 Å². The Balaban J connectivity index is 2.82. The lowest BCUT2D eigenvalue weighted by Gasteiger charge is -2.40. The molecular weight excluding hydrogens is 465 g/mol. The second-order valence-corrected chi connectivity index (χ2v) is 9.86. The number of benzene rings is 1. The van der Waals surface area contributed by atoms with Gasteiger partial charge in [0, 0.05) is 12.0 Å². The van der Waals surface area contributed by atoms with E-state index >= 15 is 0 Å². The quantitative estimate of drug-likeness (QED) is 0.0823. The molecule has 0 N–H and O–H groups in total. The molecule has 0 aromatic heterocycles. The summed E-state index contributed by atoms with van der Waals surface area (Å²) < 4.78 is 59.7. The van der Waals surface area contributed by atoms with E-state index in [0.29, 0.717) is 38.7 Å². The molecule has 210 valence electrons. The van der Waals surface area contributed by atoms with Crippen molar-refractivity contribution < 1.29 is 27.4 Å². The van der Waals surface area contributed by atoms with Crippen LogP contribution in [-0.4, -0.2) is 25.8 Å². The molecule has 0 aliphatic carbocycles. The Hall–Kier alpha value is -1.11. The van der Waals surface area contributed by atoms with Crippen LogP contribution in [0.1, 0.15) is 123 Å². The maximum absolute atomic E-state index is 14.0. The van der Waals surface area contributed by atoms with Crippen molar-refractivity contribution in [3.05, 3.63) is 35.1 Å². The zero-order chi connectivity index (χ0) is 26.7. The van der Waals surface area contributed by atoms with E-state index in [4.69, 9.17) is 14.2 Å². The molecule has 6 heteroatoms. The highest BCUT2D eigenvalue weighted by Gasteiger charge is 2.41. The predicted octanol–water partition coefficient (Wildman–Crippen LogP) is 9.51. The van der Waals surface area contributed by atoms with Crippen molar-refractivity contribution in [2.24, 2.45) is 5.92 Å². The second-order valence-electron chi connectivity index (χ2n) is 9.86. The van der Waals surface area contributed by atoms with Gasteiger partial charge in [0.15, 0.2) is 11.6 Å². The van der Waals surface area contributed by atoms with Gasteiger partial charge in [-0.1, -0.05) is 79.1 Å². The van der Waals surface area contributed by atoms with E-state index in [-0.39, 0.29) is 11.5 Å². The van der Waals surface area contributed by atoms with Gasteiger partial charge in [0.25, 0.3) is 5.97 Å². The topological polar surface area (TPSA) is 27.7 Å². The highest BCUT2D eigenvalue weighted by atomic mass is 19.2. The molecule has 0 heterocycles. The number of unbranched alkanes of at least 4 members (excludes halogenated alkanes) is 7. The normalized spacial score (nSPS) is 12.9. The van der Waals surface area contributed by atoms with Crippen LogP contribution in [0.2, 0.25) is 0 Å². The number of rotatable bonds is 23. The summed E-state index contributed by atoms with van der Waals surface area (Å²) in [5, 5.41) is 0. The molecule has 0 aliphatic rings. The average molecular weight is 517 g/mol. The van der Waals surface area contributed by atoms with E-state index in [0.717, 1.165) is 57.4 Å².